The van der Waals surface area contributed by atoms with Gasteiger partial charge in [0.05, 0.1) is 45.6 Å². The van der Waals surface area contributed by atoms with Gasteiger partial charge in [-0.15, -0.1) is 5.10 Å². The number of H-pyrrole nitrogens is 1. The number of carbonyl (C=O) groups is 2. The molecule has 2 amide bonds. The normalized spacial score (nSPS) is 20.6. The van der Waals surface area contributed by atoms with E-state index < -0.39 is 13.7 Å². The van der Waals surface area contributed by atoms with Gasteiger partial charge in [-0.3, -0.25) is 14.3 Å². The SMILES string of the molecule is COc1ccc([Si](C)(C)[C@H]2[C@H](CCn3cc(CCO)nn3)O[C@@]3(C(=O)N(Cc4ccccc4)c4ccc(NC(=O)Cc5c[nH]c6ccccc56)cc43)[C@@H]2C)cc1. The van der Waals surface area contributed by atoms with Crippen molar-refractivity contribution in [2.45, 2.75) is 69.6 Å². The number of nitrogens with zero attached hydrogens (tertiary/aromatic N) is 4. The maximum atomic E-state index is 15.3. The van der Waals surface area contributed by atoms with E-state index >= 15 is 4.79 Å². The average Bonchev–Trinajstić information content (AvgIpc) is 3.96. The summed E-state index contributed by atoms with van der Waals surface area (Å²) in [5.74, 6) is 0.333. The first-order chi connectivity index (χ1) is 27.1. The van der Waals surface area contributed by atoms with Crippen LogP contribution in [0, 0.1) is 5.92 Å². The summed E-state index contributed by atoms with van der Waals surface area (Å²) in [4.78, 5) is 34.0. The zero-order valence-corrected chi connectivity index (χ0v) is 33.2. The smallest absolute Gasteiger partial charge is 0.264 e. The van der Waals surface area contributed by atoms with Gasteiger partial charge < -0.3 is 29.8 Å². The Morgan fingerprint density at radius 1 is 1.04 bits per heavy atom. The van der Waals surface area contributed by atoms with Crippen LogP contribution in [0.2, 0.25) is 18.6 Å². The van der Waals surface area contributed by atoms with E-state index in [2.05, 4.69) is 52.8 Å². The van der Waals surface area contributed by atoms with Crippen LogP contribution in [0.25, 0.3) is 10.9 Å². The molecule has 3 N–H and O–H groups in total. The second-order valence-corrected chi connectivity index (χ2v) is 20.3. The van der Waals surface area contributed by atoms with Crippen LogP contribution in [0.4, 0.5) is 11.4 Å². The van der Waals surface area contributed by atoms with Gasteiger partial charge in [-0.25, -0.2) is 0 Å². The van der Waals surface area contributed by atoms with Crippen LogP contribution in [-0.2, 0) is 45.9 Å². The Bertz CT molecular complexity index is 2360. The molecular weight excluding hydrogens is 721 g/mol. The number of anilines is 2. The van der Waals surface area contributed by atoms with Gasteiger partial charge in [-0.2, -0.15) is 0 Å². The van der Waals surface area contributed by atoms with Gasteiger partial charge in [0, 0.05) is 60.0 Å². The van der Waals surface area contributed by atoms with Gasteiger partial charge in [0.25, 0.3) is 5.91 Å². The second-order valence-electron chi connectivity index (χ2n) is 15.6. The first kappa shape index (κ1) is 37.4. The molecule has 11 nitrogen and oxygen atoms in total. The lowest BCUT2D eigenvalue weighted by atomic mass is 9.82. The number of aromatic amines is 1. The highest BCUT2D eigenvalue weighted by atomic mass is 28.3. The van der Waals surface area contributed by atoms with Crippen LogP contribution in [0.1, 0.15) is 35.7 Å². The number of aliphatic hydroxyl groups is 1. The van der Waals surface area contributed by atoms with Crippen molar-refractivity contribution in [3.63, 3.8) is 0 Å². The van der Waals surface area contributed by atoms with E-state index in [1.54, 1.807) is 11.8 Å². The van der Waals surface area contributed by atoms with Crippen LogP contribution in [0.3, 0.4) is 0 Å². The fourth-order valence-corrected chi connectivity index (χ4v) is 13.2. The lowest BCUT2D eigenvalue weighted by molar-refractivity contribution is -0.146. The third-order valence-electron chi connectivity index (χ3n) is 11.9. The minimum absolute atomic E-state index is 0.000656. The number of methoxy groups -OCH3 is 1. The molecule has 2 aromatic heterocycles. The summed E-state index contributed by atoms with van der Waals surface area (Å²) in [5.41, 5.74) is 4.54. The number of fused-ring (bicyclic) bond motifs is 3. The lowest BCUT2D eigenvalue weighted by Crippen LogP contribution is -2.51. The third kappa shape index (κ3) is 6.71. The Morgan fingerprint density at radius 3 is 2.57 bits per heavy atom. The molecule has 0 saturated carbocycles. The molecule has 12 heteroatoms. The summed E-state index contributed by atoms with van der Waals surface area (Å²) in [7, 11) is -0.725. The van der Waals surface area contributed by atoms with Crippen molar-refractivity contribution in [2.24, 2.45) is 5.92 Å². The van der Waals surface area contributed by atoms with Gasteiger partial charge in [-0.1, -0.05) is 91.1 Å². The number of rotatable bonds is 13. The lowest BCUT2D eigenvalue weighted by Gasteiger charge is -2.37. The average molecular weight is 769 g/mol. The zero-order valence-electron chi connectivity index (χ0n) is 32.2. The van der Waals surface area contributed by atoms with Crippen LogP contribution in [0.15, 0.2) is 109 Å². The largest absolute Gasteiger partial charge is 0.497 e. The van der Waals surface area contributed by atoms with E-state index in [1.165, 1.54) is 5.19 Å². The third-order valence-corrected chi connectivity index (χ3v) is 16.3. The van der Waals surface area contributed by atoms with E-state index in [1.807, 2.05) is 102 Å². The molecule has 2 aliphatic rings. The fraction of sp³-hybridized carbons (Fsp3) is 0.318. The molecule has 56 heavy (non-hydrogen) atoms. The maximum Gasteiger partial charge on any atom is 0.264 e. The summed E-state index contributed by atoms with van der Waals surface area (Å²) in [5, 5.41) is 23.5. The molecule has 288 valence electrons. The maximum absolute atomic E-state index is 15.3. The molecule has 1 spiro atoms. The number of aryl methyl sites for hydroxylation is 1. The number of para-hydroxylation sites is 1. The Balaban J connectivity index is 1.18. The second kappa shape index (κ2) is 15.2. The Kier molecular flexibility index (Phi) is 10.1. The number of aromatic nitrogens is 4. The van der Waals surface area contributed by atoms with Crippen LogP contribution >= 0.6 is 0 Å². The van der Waals surface area contributed by atoms with Crippen LogP contribution in [0.5, 0.6) is 5.75 Å². The molecule has 6 aromatic rings. The summed E-state index contributed by atoms with van der Waals surface area (Å²) in [6.45, 7) is 7.83. The molecule has 0 bridgehead atoms. The topological polar surface area (TPSA) is 135 Å². The Labute approximate surface area is 327 Å². The molecule has 4 atom stereocenters. The number of amides is 2. The first-order valence-electron chi connectivity index (χ1n) is 19.3. The highest BCUT2D eigenvalue weighted by Crippen LogP contribution is 2.60. The Morgan fingerprint density at radius 2 is 1.80 bits per heavy atom. The van der Waals surface area contributed by atoms with Crippen molar-refractivity contribution >= 4 is 47.4 Å². The molecule has 8 rings (SSSR count). The number of hydrogen-bond donors (Lipinski definition) is 3. The van der Waals surface area contributed by atoms with Gasteiger partial charge in [0.2, 0.25) is 5.91 Å². The van der Waals surface area contributed by atoms with E-state index in [-0.39, 0.29) is 42.4 Å². The van der Waals surface area contributed by atoms with Crippen molar-refractivity contribution in [3.05, 3.63) is 132 Å². The summed E-state index contributed by atoms with van der Waals surface area (Å²) in [6, 6.07) is 32.1. The molecule has 4 aromatic carbocycles. The van der Waals surface area contributed by atoms with Crippen LogP contribution in [-0.4, -0.2) is 64.8 Å². The van der Waals surface area contributed by atoms with E-state index in [0.717, 1.165) is 44.7 Å². The van der Waals surface area contributed by atoms with Crippen molar-refractivity contribution in [1.82, 2.24) is 20.0 Å². The van der Waals surface area contributed by atoms with Crippen molar-refractivity contribution in [1.29, 1.82) is 0 Å². The standard InChI is InChI=1S/C44H48N6O5Si/c1-29-42(56(3,4)35-17-15-34(54-2)16-18-35)40(20-22-49-28-33(21-23-51)47-48-49)55-44(29)37-25-32(46-41(52)24-31-26-45-38-13-9-8-12-36(31)38)14-19-39(37)50(43(44)53)27-30-10-6-5-7-11-30/h5-19,25-26,28-29,40,42,45,51H,20-24,27H2,1-4H3,(H,46,52)/t29-,40+,42-,44+/m1/s1. The zero-order chi connectivity index (χ0) is 39.0. The predicted octanol–water partition coefficient (Wildman–Crippen LogP) is 6.34. The number of hydrogen-bond acceptors (Lipinski definition) is 7. The van der Waals surface area contributed by atoms with Crippen LogP contribution < -0.4 is 20.1 Å². The van der Waals surface area contributed by atoms with E-state index in [4.69, 9.17) is 9.47 Å². The monoisotopic (exact) mass is 768 g/mol. The van der Waals surface area contributed by atoms with Gasteiger partial charge in [-0.05, 0) is 59.5 Å². The molecule has 0 radical (unpaired) electrons. The van der Waals surface area contributed by atoms with Crippen molar-refractivity contribution < 1.29 is 24.2 Å². The van der Waals surface area contributed by atoms with Crippen molar-refractivity contribution in [2.75, 3.05) is 23.9 Å². The van der Waals surface area contributed by atoms with E-state index in [9.17, 15) is 9.90 Å². The summed E-state index contributed by atoms with van der Waals surface area (Å²) < 4.78 is 14.7. The molecular formula is C44H48N6O5Si. The van der Waals surface area contributed by atoms with E-state index in [0.29, 0.717) is 31.6 Å². The quantitative estimate of drug-likeness (QED) is 0.117. The molecule has 4 heterocycles. The molecule has 1 saturated heterocycles. The highest BCUT2D eigenvalue weighted by Gasteiger charge is 2.66. The van der Waals surface area contributed by atoms with Gasteiger partial charge in [0.1, 0.15) is 5.75 Å². The first-order valence-corrected chi connectivity index (χ1v) is 22.4. The van der Waals surface area contributed by atoms with Gasteiger partial charge in [0.15, 0.2) is 5.60 Å². The number of benzene rings is 4. The fourth-order valence-electron chi connectivity index (χ4n) is 9.18. The minimum Gasteiger partial charge on any atom is -0.497 e. The molecule has 0 unspecified atom stereocenters. The Hall–Kier alpha value is -5.56. The minimum atomic E-state index is -2.40. The van der Waals surface area contributed by atoms with Gasteiger partial charge >= 0.3 is 0 Å². The number of nitrogens with one attached hydrogen (secondary N) is 2. The summed E-state index contributed by atoms with van der Waals surface area (Å²) in [6.07, 6.45) is 4.70. The van der Waals surface area contributed by atoms with Crippen molar-refractivity contribution in [3.8, 4) is 5.75 Å². The number of ether oxygens (including phenoxy) is 2. The molecule has 0 aliphatic carbocycles. The highest BCUT2D eigenvalue weighted by molar-refractivity contribution is 6.91. The predicted molar refractivity (Wildman–Crippen MR) is 220 cm³/mol. The number of aliphatic hydroxyl groups excluding tert-OH is 1. The molecule has 1 fully saturated rings. The summed E-state index contributed by atoms with van der Waals surface area (Å²) >= 11 is 0. The molecule has 2 aliphatic heterocycles. The number of carbonyl (C=O) groups excluding carboxylic acids is 2.